The predicted octanol–water partition coefficient (Wildman–Crippen LogP) is 4.50. The molecule has 1 aliphatic carbocycles. The number of anilines is 3. The number of pyridine rings is 1. The lowest BCUT2D eigenvalue weighted by molar-refractivity contribution is 0.0596. The van der Waals surface area contributed by atoms with Crippen LogP contribution in [-0.4, -0.2) is 43.9 Å². The first-order valence-corrected chi connectivity index (χ1v) is 12.9. The predicted molar refractivity (Wildman–Crippen MR) is 143 cm³/mol. The van der Waals surface area contributed by atoms with Crippen LogP contribution in [-0.2, 0) is 10.3 Å². The molecule has 8 nitrogen and oxygen atoms in total. The topological polar surface area (TPSA) is 98.8 Å². The summed E-state index contributed by atoms with van der Waals surface area (Å²) in [6, 6.07) is 10.1. The zero-order valence-electron chi connectivity index (χ0n) is 21.3. The average molecular weight is 509 g/mol. The van der Waals surface area contributed by atoms with Crippen LogP contribution in [0, 0.1) is 5.82 Å². The Morgan fingerprint density at radius 1 is 1.27 bits per heavy atom. The fourth-order valence-electron chi connectivity index (χ4n) is 5.61. The van der Waals surface area contributed by atoms with Gasteiger partial charge >= 0.3 is 5.97 Å². The Morgan fingerprint density at radius 3 is 2.68 bits per heavy atom. The summed E-state index contributed by atoms with van der Waals surface area (Å²) >= 11 is 0. The molecule has 1 aliphatic heterocycles. The first-order valence-electron chi connectivity index (χ1n) is 12.9. The van der Waals surface area contributed by atoms with Gasteiger partial charge in [-0.15, -0.1) is 0 Å². The summed E-state index contributed by atoms with van der Waals surface area (Å²) < 4.78 is 28.6. The van der Waals surface area contributed by atoms with Gasteiger partial charge in [0.05, 0.1) is 30.3 Å². The van der Waals surface area contributed by atoms with Gasteiger partial charge in [0, 0.05) is 43.5 Å². The molecule has 196 valence electrons. The fraction of sp³-hybridized carbons (Fsp3) is 0.429. The second kappa shape index (κ2) is 9.95. The van der Waals surface area contributed by atoms with Crippen molar-refractivity contribution in [2.24, 2.45) is 0 Å². The van der Waals surface area contributed by atoms with Gasteiger partial charge in [-0.1, -0.05) is 18.2 Å². The lowest BCUT2D eigenvalue weighted by atomic mass is 9.74. The normalized spacial score (nSPS) is 15.5. The molecule has 2 aliphatic rings. The summed E-state index contributed by atoms with van der Waals surface area (Å²) in [7, 11) is 1.22. The van der Waals surface area contributed by atoms with E-state index in [-0.39, 0.29) is 33.6 Å². The van der Waals surface area contributed by atoms with Crippen LogP contribution in [0.1, 0.15) is 49.4 Å². The largest absolute Gasteiger partial charge is 0.489 e. The minimum absolute atomic E-state index is 0.0321. The van der Waals surface area contributed by atoms with Crippen molar-refractivity contribution in [3.05, 3.63) is 58.1 Å². The lowest BCUT2D eigenvalue weighted by Crippen LogP contribution is -2.42. The number of carbonyl (C=O) groups excluding carboxylic acids is 1. The van der Waals surface area contributed by atoms with E-state index in [9.17, 15) is 9.59 Å². The number of hydrogen-bond donors (Lipinski definition) is 2. The zero-order valence-corrected chi connectivity index (χ0v) is 21.3. The van der Waals surface area contributed by atoms with Crippen LogP contribution in [0.3, 0.4) is 0 Å². The van der Waals surface area contributed by atoms with Gasteiger partial charge in [-0.05, 0) is 44.7 Å². The van der Waals surface area contributed by atoms with Crippen LogP contribution in [0.25, 0.3) is 10.9 Å². The number of hydrogen-bond acceptors (Lipinski definition) is 7. The van der Waals surface area contributed by atoms with E-state index in [4.69, 9.17) is 15.2 Å². The first-order chi connectivity index (χ1) is 17.9. The zero-order chi connectivity index (χ0) is 26.2. The summed E-state index contributed by atoms with van der Waals surface area (Å²) in [5.74, 6) is -1.24. The van der Waals surface area contributed by atoms with Crippen LogP contribution >= 0.6 is 0 Å². The van der Waals surface area contributed by atoms with Gasteiger partial charge in [0.25, 0.3) is 0 Å². The van der Waals surface area contributed by atoms with E-state index < -0.39 is 17.2 Å². The van der Waals surface area contributed by atoms with Crippen molar-refractivity contribution < 1.29 is 18.7 Å². The monoisotopic (exact) mass is 508 g/mol. The lowest BCUT2D eigenvalue weighted by Gasteiger charge is -2.44. The van der Waals surface area contributed by atoms with Gasteiger partial charge in [-0.3, -0.25) is 4.79 Å². The number of esters is 1. The highest BCUT2D eigenvalue weighted by molar-refractivity contribution is 6.03. The molecule has 0 amide bonds. The van der Waals surface area contributed by atoms with Crippen LogP contribution in [0.5, 0.6) is 5.75 Å². The summed E-state index contributed by atoms with van der Waals surface area (Å²) in [6.07, 6.45) is 5.75. The SMILES string of the molecule is CCN(CCCNc1c(F)c(N)c2c(=O)c(C(=O)OC)cn3c2c1OCCC31CCC1)c1ccccc1. The molecule has 3 N–H and O–H groups in total. The number of nitrogens with one attached hydrogen (secondary N) is 1. The molecule has 0 saturated heterocycles. The van der Waals surface area contributed by atoms with Gasteiger partial charge in [0.2, 0.25) is 5.43 Å². The Morgan fingerprint density at radius 2 is 2.03 bits per heavy atom. The fourth-order valence-corrected chi connectivity index (χ4v) is 5.61. The summed E-state index contributed by atoms with van der Waals surface area (Å²) in [5.41, 5.74) is 6.59. The van der Waals surface area contributed by atoms with Gasteiger partial charge in [-0.2, -0.15) is 0 Å². The quantitative estimate of drug-likeness (QED) is 0.263. The van der Waals surface area contributed by atoms with Crippen LogP contribution < -0.4 is 26.1 Å². The number of fused-ring (bicyclic) bond motifs is 1. The van der Waals surface area contributed by atoms with Crippen LogP contribution in [0.2, 0.25) is 0 Å². The van der Waals surface area contributed by atoms with Gasteiger partial charge in [0.1, 0.15) is 11.3 Å². The third kappa shape index (κ3) is 4.16. The van der Waals surface area contributed by atoms with Crippen LogP contribution in [0.4, 0.5) is 21.5 Å². The van der Waals surface area contributed by atoms with Crippen molar-refractivity contribution in [2.45, 2.75) is 44.6 Å². The Hall–Kier alpha value is -3.75. The van der Waals surface area contributed by atoms with Crippen molar-refractivity contribution in [3.8, 4) is 5.75 Å². The van der Waals surface area contributed by atoms with Crippen molar-refractivity contribution in [3.63, 3.8) is 0 Å². The number of nitrogens with zero attached hydrogens (tertiary/aromatic N) is 2. The number of benzene rings is 2. The van der Waals surface area contributed by atoms with E-state index in [1.54, 1.807) is 6.20 Å². The van der Waals surface area contributed by atoms with Crippen molar-refractivity contribution in [2.75, 3.05) is 49.3 Å². The molecule has 0 unspecified atom stereocenters. The van der Waals surface area contributed by atoms with Gasteiger partial charge < -0.3 is 30.0 Å². The maximum absolute atomic E-state index is 15.7. The number of ether oxygens (including phenoxy) is 2. The average Bonchev–Trinajstić information content (AvgIpc) is 3.06. The highest BCUT2D eigenvalue weighted by atomic mass is 19.1. The molecular weight excluding hydrogens is 475 g/mol. The Bertz CT molecular complexity index is 1380. The van der Waals surface area contributed by atoms with E-state index in [2.05, 4.69) is 29.3 Å². The van der Waals surface area contributed by atoms with Crippen molar-refractivity contribution in [1.29, 1.82) is 0 Å². The highest BCUT2D eigenvalue weighted by Gasteiger charge is 2.43. The van der Waals surface area contributed by atoms with Crippen molar-refractivity contribution in [1.82, 2.24) is 4.57 Å². The standard InChI is InChI=1S/C28H33FN4O4/c1-3-32(18-9-5-4-6-10-18)15-8-14-31-23-21(29)22(30)20-24-26(23)37-16-13-28(11-7-12-28)33(24)17-19(25(20)34)27(35)36-2/h4-6,9-10,17,31H,3,7-8,11-16,30H2,1-2H3. The number of methoxy groups -OCH3 is 1. The molecule has 2 heterocycles. The molecule has 9 heteroatoms. The smallest absolute Gasteiger partial charge is 0.343 e. The molecule has 0 bridgehead atoms. The third-order valence-electron chi connectivity index (χ3n) is 7.80. The molecule has 1 fully saturated rings. The Balaban J connectivity index is 1.53. The molecule has 3 aromatic rings. The molecule has 2 aromatic carbocycles. The second-order valence-electron chi connectivity index (χ2n) is 9.76. The van der Waals surface area contributed by atoms with E-state index >= 15 is 4.39 Å². The van der Waals surface area contributed by atoms with Crippen molar-refractivity contribution >= 4 is 33.9 Å². The van der Waals surface area contributed by atoms with E-state index in [0.717, 1.165) is 44.5 Å². The van der Waals surface area contributed by atoms with Gasteiger partial charge in [-0.25, -0.2) is 9.18 Å². The summed E-state index contributed by atoms with van der Waals surface area (Å²) in [6.45, 7) is 4.59. The number of rotatable bonds is 8. The molecule has 1 aromatic heterocycles. The molecular formula is C28H33FN4O4. The number of nitrogens with two attached hydrogens (primary N) is 1. The molecule has 5 rings (SSSR count). The third-order valence-corrected chi connectivity index (χ3v) is 7.80. The maximum Gasteiger partial charge on any atom is 0.343 e. The Labute approximate surface area is 215 Å². The number of carbonyl (C=O) groups is 1. The van der Waals surface area contributed by atoms with E-state index in [1.165, 1.54) is 7.11 Å². The van der Waals surface area contributed by atoms with E-state index in [0.29, 0.717) is 25.1 Å². The van der Waals surface area contributed by atoms with Crippen LogP contribution in [0.15, 0.2) is 41.3 Å². The molecule has 1 spiro atoms. The number of aromatic nitrogens is 1. The summed E-state index contributed by atoms with van der Waals surface area (Å²) in [5, 5.41) is 3.17. The van der Waals surface area contributed by atoms with E-state index in [1.807, 2.05) is 22.8 Å². The molecule has 1 saturated carbocycles. The minimum atomic E-state index is -0.766. The number of para-hydroxylation sites is 1. The molecule has 37 heavy (non-hydrogen) atoms. The number of halogens is 1. The molecule has 0 atom stereocenters. The van der Waals surface area contributed by atoms with Gasteiger partial charge in [0.15, 0.2) is 11.6 Å². The minimum Gasteiger partial charge on any atom is -0.489 e. The highest BCUT2D eigenvalue weighted by Crippen LogP contribution is 2.50. The number of nitrogen functional groups attached to an aromatic ring is 1. The summed E-state index contributed by atoms with van der Waals surface area (Å²) in [4.78, 5) is 28.1. The first kappa shape index (κ1) is 24.9. The second-order valence-corrected chi connectivity index (χ2v) is 9.76. The Kier molecular flexibility index (Phi) is 6.70. The maximum atomic E-state index is 15.7. The molecule has 0 radical (unpaired) electrons.